The van der Waals surface area contributed by atoms with Gasteiger partial charge in [0.25, 0.3) is 5.91 Å². The Kier molecular flexibility index (Phi) is 5.45. The van der Waals surface area contributed by atoms with Crippen LogP contribution in [-0.4, -0.2) is 30.0 Å². The molecular formula is C21H19FN2O3. The molecule has 0 aliphatic rings. The predicted octanol–water partition coefficient (Wildman–Crippen LogP) is 3.72. The lowest BCUT2D eigenvalue weighted by atomic mass is 10.0. The molecular weight excluding hydrogens is 347 g/mol. The Balaban J connectivity index is 1.99. The third-order valence-electron chi connectivity index (χ3n) is 4.18. The molecule has 3 aromatic rings. The molecule has 0 saturated heterocycles. The Hall–Kier alpha value is -3.28. The average molecular weight is 366 g/mol. The van der Waals surface area contributed by atoms with Crippen molar-refractivity contribution in [3.8, 4) is 11.3 Å². The van der Waals surface area contributed by atoms with Crippen molar-refractivity contribution < 1.29 is 18.7 Å². The molecule has 0 spiro atoms. The van der Waals surface area contributed by atoms with E-state index in [1.54, 1.807) is 25.1 Å². The van der Waals surface area contributed by atoms with Gasteiger partial charge < -0.3 is 10.1 Å². The van der Waals surface area contributed by atoms with E-state index >= 15 is 0 Å². The molecule has 2 aromatic carbocycles. The summed E-state index contributed by atoms with van der Waals surface area (Å²) in [6, 6.07) is 14.5. The minimum absolute atomic E-state index is 0.0794. The van der Waals surface area contributed by atoms with E-state index < -0.39 is 5.97 Å². The summed E-state index contributed by atoms with van der Waals surface area (Å²) in [6.07, 6.45) is 0.0794. The second-order valence-electron chi connectivity index (χ2n) is 6.23. The van der Waals surface area contributed by atoms with Gasteiger partial charge in [-0.25, -0.2) is 9.37 Å². The minimum Gasteiger partial charge on any atom is -0.469 e. The number of para-hydroxylation sites is 1. The zero-order valence-corrected chi connectivity index (χ0v) is 15.0. The number of esters is 1. The molecule has 0 aliphatic heterocycles. The van der Waals surface area contributed by atoms with E-state index in [2.05, 4.69) is 15.0 Å². The monoisotopic (exact) mass is 366 g/mol. The highest BCUT2D eigenvalue weighted by Gasteiger charge is 2.17. The lowest BCUT2D eigenvalue weighted by molar-refractivity contribution is -0.141. The summed E-state index contributed by atoms with van der Waals surface area (Å²) in [4.78, 5) is 28.8. The van der Waals surface area contributed by atoms with Crippen molar-refractivity contribution in [2.45, 2.75) is 19.4 Å². The van der Waals surface area contributed by atoms with Gasteiger partial charge in [-0.05, 0) is 43.3 Å². The summed E-state index contributed by atoms with van der Waals surface area (Å²) in [5.74, 6) is -1.04. The molecule has 1 atom stereocenters. The number of amides is 1. The molecule has 0 saturated carbocycles. The Bertz CT molecular complexity index is 986. The number of nitrogens with one attached hydrogen (secondary N) is 1. The summed E-state index contributed by atoms with van der Waals surface area (Å²) < 4.78 is 17.9. The first kappa shape index (κ1) is 18.5. The number of methoxy groups -OCH3 is 1. The first-order valence-corrected chi connectivity index (χ1v) is 8.51. The van der Waals surface area contributed by atoms with Crippen LogP contribution in [0.25, 0.3) is 22.2 Å². The average Bonchev–Trinajstić information content (AvgIpc) is 2.67. The lowest BCUT2D eigenvalue weighted by Gasteiger charge is -2.15. The van der Waals surface area contributed by atoms with Crippen molar-refractivity contribution in [1.82, 2.24) is 10.3 Å². The van der Waals surface area contributed by atoms with Crippen LogP contribution in [0.2, 0.25) is 0 Å². The van der Waals surface area contributed by atoms with Crippen LogP contribution in [0.15, 0.2) is 54.6 Å². The summed E-state index contributed by atoms with van der Waals surface area (Å²) in [6.45, 7) is 1.74. The van der Waals surface area contributed by atoms with Crippen LogP contribution in [0, 0.1) is 5.82 Å². The van der Waals surface area contributed by atoms with Gasteiger partial charge in [0.2, 0.25) is 0 Å². The summed E-state index contributed by atoms with van der Waals surface area (Å²) >= 11 is 0. The zero-order chi connectivity index (χ0) is 19.4. The van der Waals surface area contributed by atoms with Crippen LogP contribution < -0.4 is 5.32 Å². The molecule has 6 heteroatoms. The summed E-state index contributed by atoms with van der Waals surface area (Å²) in [7, 11) is 1.31. The number of benzene rings is 2. The summed E-state index contributed by atoms with van der Waals surface area (Å²) in [5, 5.41) is 3.51. The maximum Gasteiger partial charge on any atom is 0.307 e. The SMILES string of the molecule is COC(=O)CC(C)NC(=O)c1cc(-c2ccc(F)cc2)nc2ccccc12. The number of carbonyl (C=O) groups is 2. The molecule has 0 radical (unpaired) electrons. The molecule has 1 heterocycles. The molecule has 27 heavy (non-hydrogen) atoms. The van der Waals surface area contributed by atoms with E-state index in [0.717, 1.165) is 0 Å². The van der Waals surface area contributed by atoms with Gasteiger partial charge in [-0.3, -0.25) is 9.59 Å². The molecule has 5 nitrogen and oxygen atoms in total. The van der Waals surface area contributed by atoms with Crippen molar-refractivity contribution in [3.05, 3.63) is 66.0 Å². The normalized spacial score (nSPS) is 11.8. The van der Waals surface area contributed by atoms with Gasteiger partial charge in [-0.1, -0.05) is 18.2 Å². The lowest BCUT2D eigenvalue weighted by Crippen LogP contribution is -2.34. The van der Waals surface area contributed by atoms with Gasteiger partial charge in [-0.2, -0.15) is 0 Å². The van der Waals surface area contributed by atoms with E-state index in [9.17, 15) is 14.0 Å². The molecule has 1 amide bonds. The number of aromatic nitrogens is 1. The first-order chi connectivity index (χ1) is 13.0. The van der Waals surface area contributed by atoms with Gasteiger partial charge in [0.15, 0.2) is 0 Å². The highest BCUT2D eigenvalue weighted by Crippen LogP contribution is 2.25. The Morgan fingerprint density at radius 3 is 2.56 bits per heavy atom. The second kappa shape index (κ2) is 7.95. The third kappa shape index (κ3) is 4.28. The van der Waals surface area contributed by atoms with Gasteiger partial charge in [-0.15, -0.1) is 0 Å². The van der Waals surface area contributed by atoms with Crippen LogP contribution >= 0.6 is 0 Å². The molecule has 1 unspecified atom stereocenters. The van der Waals surface area contributed by atoms with Crippen LogP contribution in [0.4, 0.5) is 4.39 Å². The zero-order valence-electron chi connectivity index (χ0n) is 15.0. The number of hydrogen-bond donors (Lipinski definition) is 1. The van der Waals surface area contributed by atoms with Crippen molar-refractivity contribution in [2.75, 3.05) is 7.11 Å². The van der Waals surface area contributed by atoms with Gasteiger partial charge in [0.1, 0.15) is 5.82 Å². The smallest absolute Gasteiger partial charge is 0.307 e. The number of hydrogen-bond acceptors (Lipinski definition) is 4. The Morgan fingerprint density at radius 2 is 1.85 bits per heavy atom. The number of pyridine rings is 1. The molecule has 3 rings (SSSR count). The van der Waals surface area contributed by atoms with Gasteiger partial charge in [0.05, 0.1) is 30.3 Å². The predicted molar refractivity (Wildman–Crippen MR) is 101 cm³/mol. The van der Waals surface area contributed by atoms with Crippen molar-refractivity contribution in [2.24, 2.45) is 0 Å². The third-order valence-corrected chi connectivity index (χ3v) is 4.18. The topological polar surface area (TPSA) is 68.3 Å². The van der Waals surface area contributed by atoms with Gasteiger partial charge in [0, 0.05) is 17.0 Å². The highest BCUT2D eigenvalue weighted by atomic mass is 19.1. The van der Waals surface area contributed by atoms with Crippen molar-refractivity contribution in [1.29, 1.82) is 0 Å². The summed E-state index contributed by atoms with van der Waals surface area (Å²) in [5.41, 5.74) is 2.38. The molecule has 138 valence electrons. The number of halogens is 1. The van der Waals surface area contributed by atoms with E-state index in [1.807, 2.05) is 24.3 Å². The number of nitrogens with zero attached hydrogens (tertiary/aromatic N) is 1. The molecule has 0 aliphatic carbocycles. The molecule has 1 aromatic heterocycles. The maximum atomic E-state index is 13.2. The first-order valence-electron chi connectivity index (χ1n) is 8.51. The van der Waals surface area contributed by atoms with Crippen LogP contribution in [0.5, 0.6) is 0 Å². The van der Waals surface area contributed by atoms with E-state index in [4.69, 9.17) is 0 Å². The van der Waals surface area contributed by atoms with E-state index in [0.29, 0.717) is 27.7 Å². The van der Waals surface area contributed by atoms with Crippen LogP contribution in [0.3, 0.4) is 0 Å². The van der Waals surface area contributed by atoms with Gasteiger partial charge >= 0.3 is 5.97 Å². The fourth-order valence-electron chi connectivity index (χ4n) is 2.82. The standard InChI is InChI=1S/C21H19FN2O3/c1-13(11-20(25)27-2)23-21(26)17-12-19(14-7-9-15(22)10-8-14)24-18-6-4-3-5-16(17)18/h3-10,12-13H,11H2,1-2H3,(H,23,26). The second-order valence-corrected chi connectivity index (χ2v) is 6.23. The highest BCUT2D eigenvalue weighted by molar-refractivity contribution is 6.07. The maximum absolute atomic E-state index is 13.2. The van der Waals surface area contributed by atoms with E-state index in [-0.39, 0.29) is 24.2 Å². The fraction of sp³-hybridized carbons (Fsp3) is 0.190. The molecule has 0 fully saturated rings. The number of carbonyl (C=O) groups excluding carboxylic acids is 2. The Labute approximate surface area is 156 Å². The number of ether oxygens (including phenoxy) is 1. The minimum atomic E-state index is -0.394. The quantitative estimate of drug-likeness (QED) is 0.699. The van der Waals surface area contributed by atoms with E-state index in [1.165, 1.54) is 19.2 Å². The van der Waals surface area contributed by atoms with Crippen LogP contribution in [-0.2, 0) is 9.53 Å². The molecule has 1 N–H and O–H groups in total. The van der Waals surface area contributed by atoms with Crippen molar-refractivity contribution in [3.63, 3.8) is 0 Å². The fourth-order valence-corrected chi connectivity index (χ4v) is 2.82. The van der Waals surface area contributed by atoms with Crippen molar-refractivity contribution >= 4 is 22.8 Å². The number of fused-ring (bicyclic) bond motifs is 1. The largest absolute Gasteiger partial charge is 0.469 e. The number of rotatable bonds is 5. The van der Waals surface area contributed by atoms with Crippen LogP contribution in [0.1, 0.15) is 23.7 Å². The Morgan fingerprint density at radius 1 is 1.15 bits per heavy atom. The molecule has 0 bridgehead atoms.